The fraction of sp³-hybridized carbons (Fsp3) is 0.923. The Hall–Kier alpha value is -0.610. The molecule has 1 N–H and O–H groups in total. The summed E-state index contributed by atoms with van der Waals surface area (Å²) in [6, 6.07) is 0.691. The number of hydrogen-bond donors (Lipinski definition) is 1. The van der Waals surface area contributed by atoms with E-state index in [1.807, 2.05) is 13.8 Å². The topological polar surface area (TPSA) is 49.8 Å². The molecule has 1 fully saturated rings. The van der Waals surface area contributed by atoms with E-state index in [0.717, 1.165) is 0 Å². The van der Waals surface area contributed by atoms with Crippen LogP contribution in [0.4, 0.5) is 0 Å². The molecule has 4 heteroatoms. The maximum absolute atomic E-state index is 11.5. The first kappa shape index (κ1) is 14.5. The Labute approximate surface area is 104 Å². The molecular formula is C13H25NO3. The molecule has 1 aliphatic carbocycles. The molecule has 0 bridgehead atoms. The van der Waals surface area contributed by atoms with E-state index in [1.165, 1.54) is 25.7 Å². The van der Waals surface area contributed by atoms with Crippen molar-refractivity contribution in [1.29, 1.82) is 0 Å². The van der Waals surface area contributed by atoms with Crippen molar-refractivity contribution in [2.75, 3.05) is 19.8 Å². The van der Waals surface area contributed by atoms with Gasteiger partial charge < -0.3 is 9.84 Å². The summed E-state index contributed by atoms with van der Waals surface area (Å²) in [5.41, 5.74) is 0. The summed E-state index contributed by atoms with van der Waals surface area (Å²) >= 11 is 0. The third kappa shape index (κ3) is 4.64. The van der Waals surface area contributed by atoms with Gasteiger partial charge in [0.15, 0.2) is 0 Å². The van der Waals surface area contributed by atoms with E-state index in [1.54, 1.807) is 0 Å². The van der Waals surface area contributed by atoms with Gasteiger partial charge in [0.1, 0.15) is 0 Å². The highest BCUT2D eigenvalue weighted by Crippen LogP contribution is 2.25. The first-order valence-electron chi connectivity index (χ1n) is 6.71. The molecule has 1 saturated carbocycles. The number of rotatable bonds is 7. The molecule has 1 atom stereocenters. The minimum Gasteiger partial charge on any atom is -0.466 e. The molecule has 0 radical (unpaired) electrons. The predicted molar refractivity (Wildman–Crippen MR) is 66.8 cm³/mol. The zero-order valence-corrected chi connectivity index (χ0v) is 11.0. The van der Waals surface area contributed by atoms with Gasteiger partial charge in [0.2, 0.25) is 0 Å². The molecule has 0 amide bonds. The largest absolute Gasteiger partial charge is 0.466 e. The number of esters is 1. The van der Waals surface area contributed by atoms with Gasteiger partial charge in [0.25, 0.3) is 0 Å². The lowest BCUT2D eigenvalue weighted by molar-refractivity contribution is -0.144. The number of carbonyl (C=O) groups excluding carboxylic acids is 1. The van der Waals surface area contributed by atoms with Gasteiger partial charge in [-0.2, -0.15) is 0 Å². The van der Waals surface area contributed by atoms with E-state index in [2.05, 4.69) is 4.90 Å². The maximum atomic E-state index is 11.5. The predicted octanol–water partition coefficient (Wildman–Crippen LogP) is 1.56. The maximum Gasteiger partial charge on any atom is 0.307 e. The smallest absolute Gasteiger partial charge is 0.307 e. The van der Waals surface area contributed by atoms with Crippen LogP contribution in [0, 0.1) is 0 Å². The summed E-state index contributed by atoms with van der Waals surface area (Å²) in [5, 5.41) is 9.13. The van der Waals surface area contributed by atoms with Gasteiger partial charge >= 0.3 is 5.97 Å². The second kappa shape index (κ2) is 7.67. The van der Waals surface area contributed by atoms with Gasteiger partial charge in [0.05, 0.1) is 19.6 Å². The fourth-order valence-corrected chi connectivity index (χ4v) is 2.69. The lowest BCUT2D eigenvalue weighted by atomic mass is 10.1. The van der Waals surface area contributed by atoms with Crippen LogP contribution in [0.2, 0.25) is 0 Å². The highest BCUT2D eigenvalue weighted by Gasteiger charge is 2.27. The number of hydrogen-bond acceptors (Lipinski definition) is 4. The quantitative estimate of drug-likeness (QED) is 0.689. The highest BCUT2D eigenvalue weighted by molar-refractivity contribution is 5.70. The molecule has 0 aromatic carbocycles. The third-order valence-electron chi connectivity index (χ3n) is 3.49. The Morgan fingerprint density at radius 2 is 2.12 bits per heavy atom. The second-order valence-corrected chi connectivity index (χ2v) is 4.76. The standard InChI is InChI=1S/C13H25NO3/c1-3-17-13(16)10-11(2)14(8-9-15)12-6-4-5-7-12/h11-12,15H,3-10H2,1-2H3. The monoisotopic (exact) mass is 243 g/mol. The van der Waals surface area contributed by atoms with Crippen molar-refractivity contribution in [3.63, 3.8) is 0 Å². The molecular weight excluding hydrogens is 218 g/mol. The van der Waals surface area contributed by atoms with Crippen molar-refractivity contribution < 1.29 is 14.6 Å². The molecule has 100 valence electrons. The van der Waals surface area contributed by atoms with Crippen LogP contribution in [-0.4, -0.2) is 47.8 Å². The van der Waals surface area contributed by atoms with Crippen molar-refractivity contribution in [3.05, 3.63) is 0 Å². The van der Waals surface area contributed by atoms with E-state index in [0.29, 0.717) is 25.6 Å². The highest BCUT2D eigenvalue weighted by atomic mass is 16.5. The number of ether oxygens (including phenoxy) is 1. The SMILES string of the molecule is CCOC(=O)CC(C)N(CCO)C1CCCC1. The van der Waals surface area contributed by atoms with Crippen LogP contribution >= 0.6 is 0 Å². The Kier molecular flexibility index (Phi) is 6.52. The summed E-state index contributed by atoms with van der Waals surface area (Å²) in [4.78, 5) is 13.7. The Morgan fingerprint density at radius 1 is 1.47 bits per heavy atom. The van der Waals surface area contributed by atoms with E-state index in [-0.39, 0.29) is 18.6 Å². The minimum atomic E-state index is -0.138. The lowest BCUT2D eigenvalue weighted by Crippen LogP contribution is -2.43. The Morgan fingerprint density at radius 3 is 2.65 bits per heavy atom. The molecule has 0 heterocycles. The van der Waals surface area contributed by atoms with Gasteiger partial charge in [-0.1, -0.05) is 12.8 Å². The van der Waals surface area contributed by atoms with E-state index < -0.39 is 0 Å². The molecule has 4 nitrogen and oxygen atoms in total. The summed E-state index contributed by atoms with van der Waals surface area (Å²) in [5.74, 6) is -0.138. The molecule has 0 aromatic rings. The van der Waals surface area contributed by atoms with Crippen molar-refractivity contribution in [1.82, 2.24) is 4.90 Å². The van der Waals surface area contributed by atoms with E-state index in [4.69, 9.17) is 9.84 Å². The van der Waals surface area contributed by atoms with Crippen LogP contribution in [0.3, 0.4) is 0 Å². The van der Waals surface area contributed by atoms with Crippen molar-refractivity contribution in [2.24, 2.45) is 0 Å². The molecule has 0 aromatic heterocycles. The second-order valence-electron chi connectivity index (χ2n) is 4.76. The first-order chi connectivity index (χ1) is 8.19. The summed E-state index contributed by atoms with van der Waals surface area (Å²) in [6.07, 6.45) is 5.32. The molecule has 0 aliphatic heterocycles. The fourth-order valence-electron chi connectivity index (χ4n) is 2.69. The average Bonchev–Trinajstić information content (AvgIpc) is 2.79. The number of aliphatic hydroxyl groups is 1. The molecule has 17 heavy (non-hydrogen) atoms. The molecule has 1 aliphatic rings. The number of nitrogens with zero attached hydrogens (tertiary/aromatic N) is 1. The van der Waals surface area contributed by atoms with Crippen molar-refractivity contribution >= 4 is 5.97 Å². The molecule has 0 saturated heterocycles. The minimum absolute atomic E-state index is 0.138. The van der Waals surface area contributed by atoms with Gasteiger partial charge in [-0.3, -0.25) is 9.69 Å². The lowest BCUT2D eigenvalue weighted by Gasteiger charge is -2.33. The number of carbonyl (C=O) groups is 1. The summed E-state index contributed by atoms with van der Waals surface area (Å²) < 4.78 is 4.98. The van der Waals surface area contributed by atoms with E-state index in [9.17, 15) is 4.79 Å². The van der Waals surface area contributed by atoms with E-state index >= 15 is 0 Å². The number of aliphatic hydroxyl groups excluding tert-OH is 1. The average molecular weight is 243 g/mol. The Bertz CT molecular complexity index is 227. The van der Waals surface area contributed by atoms with Crippen molar-refractivity contribution in [3.8, 4) is 0 Å². The molecule has 1 unspecified atom stereocenters. The van der Waals surface area contributed by atoms with Crippen LogP contribution in [0.1, 0.15) is 46.0 Å². The van der Waals surface area contributed by atoms with Crippen LogP contribution in [0.5, 0.6) is 0 Å². The van der Waals surface area contributed by atoms with Gasteiger partial charge in [-0.15, -0.1) is 0 Å². The van der Waals surface area contributed by atoms with Gasteiger partial charge in [-0.05, 0) is 26.7 Å². The Balaban J connectivity index is 2.47. The van der Waals surface area contributed by atoms with Gasteiger partial charge in [-0.25, -0.2) is 0 Å². The zero-order chi connectivity index (χ0) is 12.7. The normalized spacial score (nSPS) is 18.6. The third-order valence-corrected chi connectivity index (χ3v) is 3.49. The van der Waals surface area contributed by atoms with Crippen LogP contribution in [-0.2, 0) is 9.53 Å². The summed E-state index contributed by atoms with van der Waals surface area (Å²) in [7, 11) is 0. The van der Waals surface area contributed by atoms with Crippen LogP contribution in [0.25, 0.3) is 0 Å². The molecule has 1 rings (SSSR count). The first-order valence-corrected chi connectivity index (χ1v) is 6.71. The summed E-state index contributed by atoms with van der Waals surface area (Å²) in [6.45, 7) is 5.12. The van der Waals surface area contributed by atoms with Crippen LogP contribution < -0.4 is 0 Å². The zero-order valence-electron chi connectivity index (χ0n) is 11.0. The van der Waals surface area contributed by atoms with Crippen LogP contribution in [0.15, 0.2) is 0 Å². The molecule has 0 spiro atoms. The van der Waals surface area contributed by atoms with Crippen molar-refractivity contribution in [2.45, 2.75) is 58.0 Å². The van der Waals surface area contributed by atoms with Gasteiger partial charge in [0, 0.05) is 18.6 Å².